The van der Waals surface area contributed by atoms with E-state index < -0.39 is 0 Å². The van der Waals surface area contributed by atoms with Crippen molar-refractivity contribution in [1.82, 2.24) is 15.1 Å². The van der Waals surface area contributed by atoms with Gasteiger partial charge >= 0.3 is 0 Å². The van der Waals surface area contributed by atoms with E-state index >= 15 is 0 Å². The fourth-order valence-corrected chi connectivity index (χ4v) is 2.25. The third-order valence-corrected chi connectivity index (χ3v) is 3.57. The summed E-state index contributed by atoms with van der Waals surface area (Å²) in [5.74, 6) is 0. The number of hydrogen-bond donors (Lipinski definition) is 1. The van der Waals surface area contributed by atoms with Crippen LogP contribution in [0.3, 0.4) is 0 Å². The van der Waals surface area contributed by atoms with E-state index in [0.29, 0.717) is 6.04 Å². The van der Waals surface area contributed by atoms with Crippen molar-refractivity contribution >= 4 is 0 Å². The van der Waals surface area contributed by atoms with E-state index in [-0.39, 0.29) is 0 Å². The molecule has 0 aliphatic heterocycles. The summed E-state index contributed by atoms with van der Waals surface area (Å²) in [6, 6.07) is 0.603. The quantitative estimate of drug-likeness (QED) is 0.426. The van der Waals surface area contributed by atoms with Crippen LogP contribution in [0.1, 0.15) is 34.1 Å². The van der Waals surface area contributed by atoms with Crippen LogP contribution >= 0.6 is 0 Å². The van der Waals surface area contributed by atoms with Gasteiger partial charge in [0.25, 0.3) is 0 Å². The normalized spacial score (nSPS) is 13.2. The summed E-state index contributed by atoms with van der Waals surface area (Å²) in [5, 5.41) is 3.40. The molecule has 0 fully saturated rings. The Morgan fingerprint density at radius 3 is 2.28 bits per heavy atom. The van der Waals surface area contributed by atoms with E-state index in [1.165, 1.54) is 32.6 Å². The lowest BCUT2D eigenvalue weighted by atomic mass is 10.2. The van der Waals surface area contributed by atoms with Gasteiger partial charge in [0.2, 0.25) is 0 Å². The second kappa shape index (κ2) is 11.7. The topological polar surface area (TPSA) is 18.5 Å². The van der Waals surface area contributed by atoms with Crippen LogP contribution in [0.25, 0.3) is 0 Å². The van der Waals surface area contributed by atoms with Gasteiger partial charge in [-0.05, 0) is 46.1 Å². The highest BCUT2D eigenvalue weighted by atomic mass is 15.2. The van der Waals surface area contributed by atoms with Crippen molar-refractivity contribution in [3.63, 3.8) is 0 Å². The Kier molecular flexibility index (Phi) is 11.4. The molecule has 3 nitrogen and oxygen atoms in total. The van der Waals surface area contributed by atoms with Crippen molar-refractivity contribution in [2.24, 2.45) is 0 Å². The number of likely N-dealkylation sites (N-methyl/N-ethyl adjacent to an activating group) is 1. The SMILES string of the molecule is C=CCNCC(C)N(CC)CCCN(CC)CC. The zero-order chi connectivity index (χ0) is 13.8. The minimum absolute atomic E-state index is 0.603. The lowest BCUT2D eigenvalue weighted by Crippen LogP contribution is -2.41. The first-order valence-corrected chi connectivity index (χ1v) is 7.47. The second-order valence-electron chi connectivity index (χ2n) is 4.80. The van der Waals surface area contributed by atoms with E-state index in [1.54, 1.807) is 0 Å². The molecule has 1 N–H and O–H groups in total. The van der Waals surface area contributed by atoms with Crippen LogP contribution in [0.5, 0.6) is 0 Å². The van der Waals surface area contributed by atoms with Gasteiger partial charge in [0.05, 0.1) is 0 Å². The highest BCUT2D eigenvalue weighted by Gasteiger charge is 2.11. The highest BCUT2D eigenvalue weighted by molar-refractivity contribution is 4.74. The van der Waals surface area contributed by atoms with Crippen molar-refractivity contribution in [1.29, 1.82) is 0 Å². The molecule has 0 aromatic carbocycles. The number of nitrogens with one attached hydrogen (secondary N) is 1. The fraction of sp³-hybridized carbons (Fsp3) is 0.867. The lowest BCUT2D eigenvalue weighted by Gasteiger charge is -2.29. The average molecular weight is 255 g/mol. The van der Waals surface area contributed by atoms with Gasteiger partial charge in [0.1, 0.15) is 0 Å². The summed E-state index contributed by atoms with van der Waals surface area (Å²) >= 11 is 0. The first-order chi connectivity index (χ1) is 8.69. The van der Waals surface area contributed by atoms with Gasteiger partial charge in [-0.15, -0.1) is 6.58 Å². The Hall–Kier alpha value is -0.380. The Labute approximate surface area is 114 Å². The van der Waals surface area contributed by atoms with Crippen LogP contribution in [0.15, 0.2) is 12.7 Å². The van der Waals surface area contributed by atoms with Gasteiger partial charge < -0.3 is 10.2 Å². The van der Waals surface area contributed by atoms with Crippen molar-refractivity contribution in [2.45, 2.75) is 40.2 Å². The monoisotopic (exact) mass is 255 g/mol. The van der Waals surface area contributed by atoms with Gasteiger partial charge in [-0.25, -0.2) is 0 Å². The van der Waals surface area contributed by atoms with Crippen LogP contribution in [0.2, 0.25) is 0 Å². The maximum atomic E-state index is 3.73. The predicted octanol–water partition coefficient (Wildman–Crippen LogP) is 2.20. The maximum Gasteiger partial charge on any atom is 0.0192 e. The lowest BCUT2D eigenvalue weighted by molar-refractivity contribution is 0.197. The molecule has 0 aliphatic rings. The van der Waals surface area contributed by atoms with Gasteiger partial charge in [-0.1, -0.05) is 26.8 Å². The molecule has 0 saturated carbocycles. The second-order valence-corrected chi connectivity index (χ2v) is 4.80. The predicted molar refractivity (Wildman–Crippen MR) is 82.2 cm³/mol. The van der Waals surface area contributed by atoms with Gasteiger partial charge in [0, 0.05) is 19.1 Å². The molecule has 0 aliphatic carbocycles. The maximum absolute atomic E-state index is 3.73. The molecule has 0 heterocycles. The summed E-state index contributed by atoms with van der Waals surface area (Å²) in [6.45, 7) is 20.6. The van der Waals surface area contributed by atoms with E-state index in [9.17, 15) is 0 Å². The minimum Gasteiger partial charge on any atom is -0.312 e. The van der Waals surface area contributed by atoms with Crippen molar-refractivity contribution in [3.05, 3.63) is 12.7 Å². The zero-order valence-corrected chi connectivity index (χ0v) is 12.9. The van der Waals surface area contributed by atoms with Crippen molar-refractivity contribution in [3.8, 4) is 0 Å². The van der Waals surface area contributed by atoms with Crippen molar-refractivity contribution < 1.29 is 0 Å². The Morgan fingerprint density at radius 2 is 1.78 bits per heavy atom. The van der Waals surface area contributed by atoms with Gasteiger partial charge in [-0.2, -0.15) is 0 Å². The number of hydrogen-bond acceptors (Lipinski definition) is 3. The van der Waals surface area contributed by atoms with Crippen LogP contribution in [0.4, 0.5) is 0 Å². The van der Waals surface area contributed by atoms with Gasteiger partial charge in [0.15, 0.2) is 0 Å². The minimum atomic E-state index is 0.603. The van der Waals surface area contributed by atoms with Crippen LogP contribution < -0.4 is 5.32 Å². The van der Waals surface area contributed by atoms with E-state index in [1.807, 2.05) is 6.08 Å². The molecule has 0 rings (SSSR count). The summed E-state index contributed by atoms with van der Waals surface area (Å²) in [7, 11) is 0. The molecule has 0 amide bonds. The molecule has 1 unspecified atom stereocenters. The standard InChI is InChI=1S/C15H33N3/c1-6-11-16-14-15(5)18(9-4)13-10-12-17(7-2)8-3/h6,15-16H,1,7-14H2,2-5H3. The highest BCUT2D eigenvalue weighted by Crippen LogP contribution is 2.01. The van der Waals surface area contributed by atoms with Gasteiger partial charge in [-0.3, -0.25) is 4.90 Å². The average Bonchev–Trinajstić information content (AvgIpc) is 2.39. The van der Waals surface area contributed by atoms with Crippen LogP contribution in [-0.4, -0.2) is 61.7 Å². The first-order valence-electron chi connectivity index (χ1n) is 7.47. The molecule has 0 bridgehead atoms. The number of rotatable bonds is 12. The molecule has 3 heteroatoms. The molecule has 1 atom stereocenters. The van der Waals surface area contributed by atoms with Crippen LogP contribution in [-0.2, 0) is 0 Å². The largest absolute Gasteiger partial charge is 0.312 e. The van der Waals surface area contributed by atoms with Crippen LogP contribution in [0, 0.1) is 0 Å². The molecular formula is C15H33N3. The molecule has 0 spiro atoms. The third kappa shape index (κ3) is 7.85. The van der Waals surface area contributed by atoms with E-state index in [4.69, 9.17) is 0 Å². The fourth-order valence-electron chi connectivity index (χ4n) is 2.25. The molecular weight excluding hydrogens is 222 g/mol. The first kappa shape index (κ1) is 17.6. The smallest absolute Gasteiger partial charge is 0.0192 e. The van der Waals surface area contributed by atoms with E-state index in [2.05, 4.69) is 49.4 Å². The Morgan fingerprint density at radius 1 is 1.11 bits per heavy atom. The third-order valence-electron chi connectivity index (χ3n) is 3.57. The molecule has 0 aromatic heterocycles. The van der Waals surface area contributed by atoms with E-state index in [0.717, 1.165) is 19.6 Å². The molecule has 18 heavy (non-hydrogen) atoms. The molecule has 0 aromatic rings. The molecule has 0 radical (unpaired) electrons. The number of nitrogens with zero attached hydrogens (tertiary/aromatic N) is 2. The zero-order valence-electron chi connectivity index (χ0n) is 12.9. The Balaban J connectivity index is 3.83. The van der Waals surface area contributed by atoms with Crippen molar-refractivity contribution in [2.75, 3.05) is 45.8 Å². The molecule has 108 valence electrons. The molecule has 0 saturated heterocycles. The summed E-state index contributed by atoms with van der Waals surface area (Å²) in [4.78, 5) is 5.05. The summed E-state index contributed by atoms with van der Waals surface area (Å²) in [5.41, 5.74) is 0. The Bertz CT molecular complexity index is 190. The summed E-state index contributed by atoms with van der Waals surface area (Å²) < 4.78 is 0. The summed E-state index contributed by atoms with van der Waals surface area (Å²) in [6.07, 6.45) is 3.19.